The number of carbonyl (C=O) groups is 2. The smallest absolute Gasteiger partial charge is 0.315 e. The van der Waals surface area contributed by atoms with Crippen LogP contribution in [0, 0.1) is 0 Å². The lowest BCUT2D eigenvalue weighted by atomic mass is 9.90. The van der Waals surface area contributed by atoms with E-state index < -0.39 is 11.9 Å². The Labute approximate surface area is 124 Å². The molecular formula is C18H18O3. The summed E-state index contributed by atoms with van der Waals surface area (Å²) in [6.07, 6.45) is 1.21. The van der Waals surface area contributed by atoms with Gasteiger partial charge in [-0.25, -0.2) is 0 Å². The Kier molecular flexibility index (Phi) is 4.88. The lowest BCUT2D eigenvalue weighted by Crippen LogP contribution is -2.13. The Morgan fingerprint density at radius 2 is 1.52 bits per heavy atom. The molecule has 2 rings (SSSR count). The maximum Gasteiger partial charge on any atom is 0.315 e. The van der Waals surface area contributed by atoms with Crippen LogP contribution < -0.4 is 0 Å². The fraction of sp³-hybridized carbons (Fsp3) is 0.222. The fourth-order valence-electron chi connectivity index (χ4n) is 2.32. The molecule has 0 radical (unpaired) electrons. The third-order valence-electron chi connectivity index (χ3n) is 3.46. The second-order valence-electron chi connectivity index (χ2n) is 5.13. The summed E-state index contributed by atoms with van der Waals surface area (Å²) in [4.78, 5) is 22.5. The molecule has 0 aliphatic carbocycles. The van der Waals surface area contributed by atoms with Crippen molar-refractivity contribution in [3.8, 4) is 0 Å². The first-order valence-corrected chi connectivity index (χ1v) is 6.94. The molecule has 0 bridgehead atoms. The summed E-state index contributed by atoms with van der Waals surface area (Å²) >= 11 is 0. The van der Waals surface area contributed by atoms with Gasteiger partial charge in [0.1, 0.15) is 11.7 Å². The van der Waals surface area contributed by atoms with Crippen LogP contribution in [0.4, 0.5) is 0 Å². The third kappa shape index (κ3) is 4.02. The zero-order valence-electron chi connectivity index (χ0n) is 12.0. The SMILES string of the molecule is CC(=O)CCc1ccc(C(C(=O)O)c2ccccc2)cc1. The first-order valence-electron chi connectivity index (χ1n) is 6.94. The van der Waals surface area contributed by atoms with Crippen LogP contribution in [0.15, 0.2) is 54.6 Å². The summed E-state index contributed by atoms with van der Waals surface area (Å²) in [6.45, 7) is 1.57. The van der Waals surface area contributed by atoms with Gasteiger partial charge in [0.25, 0.3) is 0 Å². The normalized spacial score (nSPS) is 11.9. The molecule has 0 heterocycles. The van der Waals surface area contributed by atoms with E-state index in [9.17, 15) is 14.7 Å². The van der Waals surface area contributed by atoms with Crippen LogP contribution in [0.2, 0.25) is 0 Å². The number of hydrogen-bond donors (Lipinski definition) is 1. The number of aryl methyl sites for hydroxylation is 1. The van der Waals surface area contributed by atoms with E-state index in [2.05, 4.69) is 0 Å². The highest BCUT2D eigenvalue weighted by Crippen LogP contribution is 2.25. The molecule has 2 aromatic carbocycles. The molecule has 0 amide bonds. The molecule has 108 valence electrons. The van der Waals surface area contributed by atoms with Gasteiger partial charge in [-0.1, -0.05) is 54.6 Å². The monoisotopic (exact) mass is 282 g/mol. The average molecular weight is 282 g/mol. The van der Waals surface area contributed by atoms with Crippen LogP contribution in [-0.4, -0.2) is 16.9 Å². The zero-order chi connectivity index (χ0) is 15.2. The molecule has 0 aromatic heterocycles. The highest BCUT2D eigenvalue weighted by Gasteiger charge is 2.21. The molecule has 0 saturated heterocycles. The van der Waals surface area contributed by atoms with E-state index in [1.807, 2.05) is 54.6 Å². The minimum Gasteiger partial charge on any atom is -0.481 e. The van der Waals surface area contributed by atoms with E-state index >= 15 is 0 Å². The predicted octanol–water partition coefficient (Wildman–Crippen LogP) is 3.42. The second-order valence-corrected chi connectivity index (χ2v) is 5.13. The molecule has 0 spiro atoms. The average Bonchev–Trinajstić information content (AvgIpc) is 2.47. The highest BCUT2D eigenvalue weighted by molar-refractivity contribution is 5.80. The Balaban J connectivity index is 2.22. The molecule has 1 atom stereocenters. The minimum absolute atomic E-state index is 0.159. The van der Waals surface area contributed by atoms with Crippen LogP contribution in [0.25, 0.3) is 0 Å². The first kappa shape index (κ1) is 15.0. The van der Waals surface area contributed by atoms with E-state index in [1.165, 1.54) is 0 Å². The summed E-state index contributed by atoms with van der Waals surface area (Å²) in [5.74, 6) is -1.36. The summed E-state index contributed by atoms with van der Waals surface area (Å²) in [5.41, 5.74) is 2.56. The molecule has 0 fully saturated rings. The molecule has 3 heteroatoms. The van der Waals surface area contributed by atoms with E-state index in [-0.39, 0.29) is 5.78 Å². The molecule has 21 heavy (non-hydrogen) atoms. The maximum absolute atomic E-state index is 11.6. The predicted molar refractivity (Wildman–Crippen MR) is 81.4 cm³/mol. The van der Waals surface area contributed by atoms with Crippen molar-refractivity contribution in [3.63, 3.8) is 0 Å². The standard InChI is InChI=1S/C18H18O3/c1-13(19)7-8-14-9-11-16(12-10-14)17(18(20)21)15-5-3-2-4-6-15/h2-6,9-12,17H,7-8H2,1H3,(H,20,21). The summed E-state index contributed by atoms with van der Waals surface area (Å²) in [7, 11) is 0. The number of carboxylic acids is 1. The molecular weight excluding hydrogens is 264 g/mol. The van der Waals surface area contributed by atoms with Gasteiger partial charge >= 0.3 is 5.97 Å². The Morgan fingerprint density at radius 3 is 2.05 bits per heavy atom. The summed E-state index contributed by atoms with van der Waals surface area (Å²) < 4.78 is 0. The topological polar surface area (TPSA) is 54.4 Å². The lowest BCUT2D eigenvalue weighted by molar-refractivity contribution is -0.137. The number of hydrogen-bond acceptors (Lipinski definition) is 2. The van der Waals surface area contributed by atoms with Crippen molar-refractivity contribution >= 4 is 11.8 Å². The molecule has 3 nitrogen and oxygen atoms in total. The van der Waals surface area contributed by atoms with E-state index in [1.54, 1.807) is 6.92 Å². The Bertz CT molecular complexity index is 615. The van der Waals surface area contributed by atoms with Crippen molar-refractivity contribution in [2.45, 2.75) is 25.7 Å². The van der Waals surface area contributed by atoms with Crippen LogP contribution in [0.1, 0.15) is 36.0 Å². The van der Waals surface area contributed by atoms with Crippen molar-refractivity contribution in [1.29, 1.82) is 0 Å². The van der Waals surface area contributed by atoms with Gasteiger partial charge in [0.15, 0.2) is 0 Å². The van der Waals surface area contributed by atoms with Crippen molar-refractivity contribution < 1.29 is 14.7 Å². The van der Waals surface area contributed by atoms with Gasteiger partial charge in [0.05, 0.1) is 0 Å². The van der Waals surface area contributed by atoms with Crippen molar-refractivity contribution in [2.24, 2.45) is 0 Å². The van der Waals surface area contributed by atoms with Crippen LogP contribution >= 0.6 is 0 Å². The summed E-state index contributed by atoms with van der Waals surface area (Å²) in [6, 6.07) is 16.7. The molecule has 2 aromatic rings. The molecule has 0 aliphatic rings. The second kappa shape index (κ2) is 6.84. The molecule has 1 N–H and O–H groups in total. The summed E-state index contributed by atoms with van der Waals surface area (Å²) in [5, 5.41) is 9.48. The number of benzene rings is 2. The number of ketones is 1. The van der Waals surface area contributed by atoms with Crippen LogP contribution in [0.3, 0.4) is 0 Å². The number of Topliss-reactive ketones (excluding diaryl/α,β-unsaturated/α-hetero) is 1. The van der Waals surface area contributed by atoms with Crippen LogP contribution in [0.5, 0.6) is 0 Å². The number of rotatable bonds is 6. The number of carbonyl (C=O) groups excluding carboxylic acids is 1. The van der Waals surface area contributed by atoms with Crippen LogP contribution in [-0.2, 0) is 16.0 Å². The zero-order valence-corrected chi connectivity index (χ0v) is 12.0. The van der Waals surface area contributed by atoms with Gasteiger partial charge in [-0.2, -0.15) is 0 Å². The van der Waals surface area contributed by atoms with Gasteiger partial charge in [0, 0.05) is 6.42 Å². The Hall–Kier alpha value is -2.42. The largest absolute Gasteiger partial charge is 0.481 e. The number of carboxylic acid groups (broad SMARTS) is 1. The fourth-order valence-corrected chi connectivity index (χ4v) is 2.32. The van der Waals surface area contributed by atoms with Crippen molar-refractivity contribution in [3.05, 3.63) is 71.3 Å². The van der Waals surface area contributed by atoms with Gasteiger partial charge in [-0.3, -0.25) is 4.79 Å². The molecule has 0 aliphatic heterocycles. The molecule has 0 saturated carbocycles. The van der Waals surface area contributed by atoms with Crippen molar-refractivity contribution in [1.82, 2.24) is 0 Å². The first-order chi connectivity index (χ1) is 10.1. The lowest BCUT2D eigenvalue weighted by Gasteiger charge is -2.13. The number of aliphatic carboxylic acids is 1. The third-order valence-corrected chi connectivity index (χ3v) is 3.46. The van der Waals surface area contributed by atoms with E-state index in [0.29, 0.717) is 12.8 Å². The van der Waals surface area contributed by atoms with E-state index in [4.69, 9.17) is 0 Å². The van der Waals surface area contributed by atoms with Gasteiger partial charge in [0.2, 0.25) is 0 Å². The van der Waals surface area contributed by atoms with E-state index in [0.717, 1.165) is 16.7 Å². The van der Waals surface area contributed by atoms with Gasteiger partial charge in [-0.15, -0.1) is 0 Å². The van der Waals surface area contributed by atoms with Crippen molar-refractivity contribution in [2.75, 3.05) is 0 Å². The molecule has 1 unspecified atom stereocenters. The highest BCUT2D eigenvalue weighted by atomic mass is 16.4. The van der Waals surface area contributed by atoms with Gasteiger partial charge in [-0.05, 0) is 30.0 Å². The maximum atomic E-state index is 11.6. The Morgan fingerprint density at radius 1 is 0.952 bits per heavy atom. The van der Waals surface area contributed by atoms with Gasteiger partial charge < -0.3 is 9.90 Å². The quantitative estimate of drug-likeness (QED) is 0.883. The minimum atomic E-state index is -0.863.